The predicted molar refractivity (Wildman–Crippen MR) is 72.2 cm³/mol. The summed E-state index contributed by atoms with van der Waals surface area (Å²) in [5.74, 6) is 0.207. The Bertz CT molecular complexity index is 684. The molecule has 0 unspecified atom stereocenters. The van der Waals surface area contributed by atoms with Crippen molar-refractivity contribution in [3.05, 3.63) is 35.9 Å². The van der Waals surface area contributed by atoms with Gasteiger partial charge in [-0.05, 0) is 6.07 Å². The van der Waals surface area contributed by atoms with Crippen LogP contribution >= 0.6 is 11.6 Å². The van der Waals surface area contributed by atoms with Gasteiger partial charge in [-0.1, -0.05) is 11.6 Å². The summed E-state index contributed by atoms with van der Waals surface area (Å²) in [5, 5.41) is 5.56. The smallest absolute Gasteiger partial charge is 0.331 e. The lowest BCUT2D eigenvalue weighted by Crippen LogP contribution is -2.25. The summed E-state index contributed by atoms with van der Waals surface area (Å²) in [5.41, 5.74) is 0.868. The van der Waals surface area contributed by atoms with Crippen LogP contribution in [0.25, 0.3) is 0 Å². The molecule has 0 spiro atoms. The first kappa shape index (κ1) is 12.5. The minimum absolute atomic E-state index is 0.0659. The maximum absolute atomic E-state index is 11.9. The average molecular weight is 293 g/mol. The van der Waals surface area contributed by atoms with Crippen LogP contribution in [-0.4, -0.2) is 28.1 Å². The zero-order valence-electron chi connectivity index (χ0n) is 10.1. The van der Waals surface area contributed by atoms with E-state index in [0.717, 1.165) is 0 Å². The fourth-order valence-corrected chi connectivity index (χ4v) is 1.97. The summed E-state index contributed by atoms with van der Waals surface area (Å²) in [4.78, 5) is 26.9. The van der Waals surface area contributed by atoms with E-state index in [9.17, 15) is 9.59 Å². The van der Waals surface area contributed by atoms with Crippen molar-refractivity contribution < 1.29 is 14.3 Å². The predicted octanol–water partition coefficient (Wildman–Crippen LogP) is 1.95. The first-order chi connectivity index (χ1) is 9.63. The minimum Gasteiger partial charge on any atom is -0.482 e. The molecule has 0 atom stereocenters. The maximum Gasteiger partial charge on any atom is 0.331 e. The van der Waals surface area contributed by atoms with Crippen LogP contribution in [0.3, 0.4) is 0 Å². The second-order valence-corrected chi connectivity index (χ2v) is 4.47. The van der Waals surface area contributed by atoms with Gasteiger partial charge in [0.15, 0.2) is 6.61 Å². The Morgan fingerprint density at radius 2 is 2.35 bits per heavy atom. The average Bonchev–Trinajstić information content (AvgIpc) is 2.94. The Morgan fingerprint density at radius 3 is 3.10 bits per heavy atom. The molecular formula is C12H9ClN4O3. The monoisotopic (exact) mass is 292 g/mol. The number of carbonyl (C=O) groups is 2. The van der Waals surface area contributed by atoms with Crippen LogP contribution in [0.2, 0.25) is 5.02 Å². The highest BCUT2D eigenvalue weighted by Crippen LogP contribution is 2.36. The van der Waals surface area contributed by atoms with Crippen molar-refractivity contribution in [2.75, 3.05) is 17.2 Å². The van der Waals surface area contributed by atoms with Gasteiger partial charge in [-0.3, -0.25) is 9.36 Å². The number of amides is 2. The number of ether oxygens (including phenoxy) is 1. The van der Waals surface area contributed by atoms with E-state index in [1.54, 1.807) is 6.07 Å². The number of carbonyl (C=O) groups excluding carboxylic acids is 2. The number of anilines is 2. The van der Waals surface area contributed by atoms with Crippen molar-refractivity contribution in [1.29, 1.82) is 0 Å². The number of rotatable bonds is 1. The van der Waals surface area contributed by atoms with Gasteiger partial charge >= 0.3 is 6.03 Å². The quantitative estimate of drug-likeness (QED) is 0.841. The number of nitrogens with one attached hydrogen (secondary N) is 2. The van der Waals surface area contributed by atoms with Crippen molar-refractivity contribution in [2.45, 2.75) is 0 Å². The topological polar surface area (TPSA) is 85.2 Å². The van der Waals surface area contributed by atoms with Gasteiger partial charge in [0.2, 0.25) is 0 Å². The number of imidazole rings is 1. The van der Waals surface area contributed by atoms with Gasteiger partial charge in [0.05, 0.1) is 16.4 Å². The van der Waals surface area contributed by atoms with E-state index in [0.29, 0.717) is 22.1 Å². The summed E-state index contributed by atoms with van der Waals surface area (Å²) >= 11 is 6.07. The Balaban J connectivity index is 1.87. The molecule has 0 saturated carbocycles. The first-order valence-electron chi connectivity index (χ1n) is 5.69. The summed E-state index contributed by atoms with van der Waals surface area (Å²) in [6, 6.07) is 2.69. The molecule has 8 heteroatoms. The number of hydrogen-bond donors (Lipinski definition) is 2. The number of fused-ring (bicyclic) bond motifs is 1. The third-order valence-corrected chi connectivity index (χ3v) is 3.00. The maximum atomic E-state index is 11.9. The van der Waals surface area contributed by atoms with Crippen LogP contribution in [-0.2, 0) is 4.79 Å². The molecule has 1 aliphatic rings. The largest absolute Gasteiger partial charge is 0.482 e. The molecule has 2 aromatic rings. The molecule has 1 aromatic heterocycles. The lowest BCUT2D eigenvalue weighted by Gasteiger charge is -2.19. The molecule has 102 valence electrons. The molecule has 0 fully saturated rings. The zero-order chi connectivity index (χ0) is 14.1. The van der Waals surface area contributed by atoms with E-state index in [1.165, 1.54) is 29.4 Å². The molecule has 20 heavy (non-hydrogen) atoms. The van der Waals surface area contributed by atoms with E-state index in [-0.39, 0.29) is 12.5 Å². The second kappa shape index (κ2) is 4.86. The van der Waals surface area contributed by atoms with E-state index in [4.69, 9.17) is 16.3 Å². The fraction of sp³-hybridized carbons (Fsp3) is 0.0833. The molecule has 7 nitrogen and oxygen atoms in total. The number of halogens is 1. The van der Waals surface area contributed by atoms with Gasteiger partial charge in [0, 0.05) is 18.5 Å². The normalized spacial score (nSPS) is 13.2. The van der Waals surface area contributed by atoms with Crippen molar-refractivity contribution in [2.24, 2.45) is 0 Å². The number of nitrogens with zero attached hydrogens (tertiary/aromatic N) is 2. The molecule has 2 heterocycles. The Morgan fingerprint density at radius 1 is 1.50 bits per heavy atom. The van der Waals surface area contributed by atoms with Crippen molar-refractivity contribution >= 4 is 34.9 Å². The Labute approximate surface area is 118 Å². The van der Waals surface area contributed by atoms with Crippen molar-refractivity contribution in [1.82, 2.24) is 9.55 Å². The molecule has 1 aromatic carbocycles. The van der Waals surface area contributed by atoms with E-state index >= 15 is 0 Å². The Hall–Kier alpha value is -2.54. The zero-order valence-corrected chi connectivity index (χ0v) is 10.8. The lowest BCUT2D eigenvalue weighted by molar-refractivity contribution is -0.118. The van der Waals surface area contributed by atoms with Crippen LogP contribution in [0.4, 0.5) is 16.2 Å². The van der Waals surface area contributed by atoms with Gasteiger partial charge in [0.1, 0.15) is 12.1 Å². The third-order valence-electron chi connectivity index (χ3n) is 2.68. The van der Waals surface area contributed by atoms with Crippen LogP contribution in [0.5, 0.6) is 5.75 Å². The van der Waals surface area contributed by atoms with E-state index < -0.39 is 6.03 Å². The summed E-state index contributed by atoms with van der Waals surface area (Å²) < 4.78 is 6.54. The van der Waals surface area contributed by atoms with Gasteiger partial charge in [-0.15, -0.1) is 0 Å². The van der Waals surface area contributed by atoms with Gasteiger partial charge in [-0.25, -0.2) is 9.78 Å². The lowest BCUT2D eigenvalue weighted by atomic mass is 10.2. The fourth-order valence-electron chi connectivity index (χ4n) is 1.75. The van der Waals surface area contributed by atoms with Gasteiger partial charge < -0.3 is 15.4 Å². The molecular weight excluding hydrogens is 284 g/mol. The molecule has 1 aliphatic heterocycles. The highest BCUT2D eigenvalue weighted by atomic mass is 35.5. The highest BCUT2D eigenvalue weighted by molar-refractivity contribution is 6.34. The van der Waals surface area contributed by atoms with E-state index in [2.05, 4.69) is 15.6 Å². The minimum atomic E-state index is -0.399. The number of aromatic nitrogens is 2. The SMILES string of the molecule is O=C1COc2cc(NC(=O)n3ccnc3)c(Cl)cc2N1. The summed E-state index contributed by atoms with van der Waals surface area (Å²) in [7, 11) is 0. The standard InChI is InChI=1S/C12H9ClN4O3/c13-7-3-9-10(20-5-11(18)15-9)4-8(7)16-12(19)17-2-1-14-6-17/h1-4,6H,5H2,(H,15,18)(H,16,19). The number of benzene rings is 1. The Kier molecular flexibility index (Phi) is 3.03. The molecule has 2 N–H and O–H groups in total. The van der Waals surface area contributed by atoms with Crippen LogP contribution in [0.15, 0.2) is 30.9 Å². The van der Waals surface area contributed by atoms with Crippen LogP contribution < -0.4 is 15.4 Å². The molecule has 2 amide bonds. The highest BCUT2D eigenvalue weighted by Gasteiger charge is 2.19. The van der Waals surface area contributed by atoms with Gasteiger partial charge in [0.25, 0.3) is 5.91 Å². The third kappa shape index (κ3) is 2.30. The number of hydrogen-bond acceptors (Lipinski definition) is 4. The van der Waals surface area contributed by atoms with Gasteiger partial charge in [-0.2, -0.15) is 0 Å². The van der Waals surface area contributed by atoms with Crippen LogP contribution in [0.1, 0.15) is 0 Å². The summed E-state index contributed by atoms with van der Waals surface area (Å²) in [6.45, 7) is -0.0659. The molecule has 0 radical (unpaired) electrons. The van der Waals surface area contributed by atoms with Crippen LogP contribution in [0, 0.1) is 0 Å². The second-order valence-electron chi connectivity index (χ2n) is 4.07. The molecule has 3 rings (SSSR count). The molecule has 0 bridgehead atoms. The van der Waals surface area contributed by atoms with Crippen molar-refractivity contribution in [3.8, 4) is 5.75 Å². The summed E-state index contributed by atoms with van der Waals surface area (Å²) in [6.07, 6.45) is 4.38. The van der Waals surface area contributed by atoms with E-state index in [1.807, 2.05) is 0 Å². The first-order valence-corrected chi connectivity index (χ1v) is 6.07. The molecule has 0 saturated heterocycles. The van der Waals surface area contributed by atoms with Crippen molar-refractivity contribution in [3.63, 3.8) is 0 Å². The molecule has 0 aliphatic carbocycles.